The number of carbonyl (C=O) groups is 1. The maximum absolute atomic E-state index is 11.3. The van der Waals surface area contributed by atoms with E-state index in [0.717, 1.165) is 5.56 Å². The van der Waals surface area contributed by atoms with Crippen molar-refractivity contribution in [2.45, 2.75) is 6.61 Å². The fraction of sp³-hybridized carbons (Fsp3) is 0.0667. The molecule has 1 aromatic carbocycles. The van der Waals surface area contributed by atoms with Crippen LogP contribution in [0.4, 0.5) is 5.69 Å². The second kappa shape index (κ2) is 6.35. The molecule has 2 rings (SSSR count). The minimum Gasteiger partial charge on any atom is -0.487 e. The highest BCUT2D eigenvalue weighted by atomic mass is 16.5. The third-order valence-electron chi connectivity index (χ3n) is 2.47. The van der Waals surface area contributed by atoms with Gasteiger partial charge in [-0.2, -0.15) is 0 Å². The first-order valence-corrected chi connectivity index (χ1v) is 5.84. The first-order chi connectivity index (χ1) is 9.29. The van der Waals surface area contributed by atoms with Crippen LogP contribution in [0.1, 0.15) is 5.56 Å². The van der Waals surface area contributed by atoms with Crippen LogP contribution >= 0.6 is 0 Å². The molecule has 1 heterocycles. The molecule has 19 heavy (non-hydrogen) atoms. The van der Waals surface area contributed by atoms with Crippen LogP contribution < -0.4 is 10.1 Å². The van der Waals surface area contributed by atoms with Crippen LogP contribution in [-0.4, -0.2) is 10.9 Å². The molecule has 0 radical (unpaired) electrons. The van der Waals surface area contributed by atoms with Gasteiger partial charge in [0.25, 0.3) is 0 Å². The second-order valence-electron chi connectivity index (χ2n) is 3.83. The first-order valence-electron chi connectivity index (χ1n) is 5.84. The van der Waals surface area contributed by atoms with Crippen LogP contribution in [0.2, 0.25) is 0 Å². The van der Waals surface area contributed by atoms with Gasteiger partial charge in [0.1, 0.15) is 12.4 Å². The van der Waals surface area contributed by atoms with E-state index in [0.29, 0.717) is 18.0 Å². The quantitative estimate of drug-likeness (QED) is 0.835. The maximum atomic E-state index is 11.3. The molecule has 0 bridgehead atoms. The van der Waals surface area contributed by atoms with Gasteiger partial charge in [-0.25, -0.2) is 0 Å². The van der Waals surface area contributed by atoms with Crippen molar-refractivity contribution in [3.05, 3.63) is 67.0 Å². The highest BCUT2D eigenvalue weighted by Crippen LogP contribution is 2.24. The van der Waals surface area contributed by atoms with E-state index >= 15 is 0 Å². The van der Waals surface area contributed by atoms with Gasteiger partial charge >= 0.3 is 0 Å². The highest BCUT2D eigenvalue weighted by Gasteiger charge is 2.05. The van der Waals surface area contributed by atoms with Crippen molar-refractivity contribution in [3.8, 4) is 5.75 Å². The molecule has 2 aromatic rings. The summed E-state index contributed by atoms with van der Waals surface area (Å²) in [5, 5.41) is 2.70. The van der Waals surface area contributed by atoms with Crippen molar-refractivity contribution in [2.75, 3.05) is 5.32 Å². The number of ether oxygens (including phenoxy) is 1. The molecule has 0 aliphatic heterocycles. The molecular formula is C15H14N2O2. The molecule has 1 amide bonds. The Balaban J connectivity index is 2.07. The normalized spacial score (nSPS) is 9.68. The Morgan fingerprint density at radius 3 is 2.74 bits per heavy atom. The number of amides is 1. The van der Waals surface area contributed by atoms with Gasteiger partial charge in [0, 0.05) is 12.4 Å². The molecule has 0 spiro atoms. The fourth-order valence-electron chi connectivity index (χ4n) is 1.52. The summed E-state index contributed by atoms with van der Waals surface area (Å²) in [4.78, 5) is 15.3. The lowest BCUT2D eigenvalue weighted by molar-refractivity contribution is -0.111. The van der Waals surface area contributed by atoms with Gasteiger partial charge in [0.05, 0.1) is 5.69 Å². The van der Waals surface area contributed by atoms with E-state index in [1.807, 2.05) is 24.3 Å². The Bertz CT molecular complexity index is 567. The maximum Gasteiger partial charge on any atom is 0.247 e. The largest absolute Gasteiger partial charge is 0.487 e. The van der Waals surface area contributed by atoms with Crippen molar-refractivity contribution in [2.24, 2.45) is 0 Å². The molecular weight excluding hydrogens is 240 g/mol. The number of benzene rings is 1. The van der Waals surface area contributed by atoms with Crippen LogP contribution in [0.3, 0.4) is 0 Å². The number of carbonyl (C=O) groups excluding carboxylic acids is 1. The second-order valence-corrected chi connectivity index (χ2v) is 3.83. The van der Waals surface area contributed by atoms with Crippen LogP contribution in [0.15, 0.2) is 61.4 Å². The van der Waals surface area contributed by atoms with Gasteiger partial charge in [-0.1, -0.05) is 18.7 Å². The molecule has 1 N–H and O–H groups in total. The predicted octanol–water partition coefficient (Wildman–Crippen LogP) is 2.79. The lowest BCUT2D eigenvalue weighted by Crippen LogP contribution is -2.09. The van der Waals surface area contributed by atoms with Crippen molar-refractivity contribution < 1.29 is 9.53 Å². The Morgan fingerprint density at radius 1 is 1.26 bits per heavy atom. The molecule has 0 atom stereocenters. The van der Waals surface area contributed by atoms with Gasteiger partial charge in [-0.15, -0.1) is 0 Å². The van der Waals surface area contributed by atoms with Gasteiger partial charge in [-0.3, -0.25) is 9.78 Å². The summed E-state index contributed by atoms with van der Waals surface area (Å²) >= 11 is 0. The van der Waals surface area contributed by atoms with E-state index in [1.54, 1.807) is 24.5 Å². The molecule has 0 saturated heterocycles. The standard InChI is InChI=1S/C15H14N2O2/c1-2-15(18)17-13-5-3-4-6-14(13)19-11-12-7-9-16-10-8-12/h2-10H,1,11H2,(H,17,18). The summed E-state index contributed by atoms with van der Waals surface area (Å²) in [6, 6.07) is 11.0. The number of pyridine rings is 1. The topological polar surface area (TPSA) is 51.2 Å². The average Bonchev–Trinajstić information content (AvgIpc) is 2.47. The molecule has 0 aliphatic carbocycles. The van der Waals surface area contributed by atoms with E-state index in [1.165, 1.54) is 6.08 Å². The number of aromatic nitrogens is 1. The number of para-hydroxylation sites is 2. The Kier molecular flexibility index (Phi) is 4.29. The molecule has 1 aromatic heterocycles. The molecule has 0 fully saturated rings. The van der Waals surface area contributed by atoms with E-state index in [2.05, 4.69) is 16.9 Å². The van der Waals surface area contributed by atoms with Gasteiger partial charge in [0.15, 0.2) is 0 Å². The lowest BCUT2D eigenvalue weighted by atomic mass is 10.2. The van der Waals surface area contributed by atoms with Crippen LogP contribution in [0, 0.1) is 0 Å². The minimum absolute atomic E-state index is 0.264. The fourth-order valence-corrected chi connectivity index (χ4v) is 1.52. The summed E-state index contributed by atoms with van der Waals surface area (Å²) < 4.78 is 5.69. The summed E-state index contributed by atoms with van der Waals surface area (Å²) in [7, 11) is 0. The summed E-state index contributed by atoms with van der Waals surface area (Å²) in [6.45, 7) is 3.84. The van der Waals surface area contributed by atoms with Crippen LogP contribution in [-0.2, 0) is 11.4 Å². The van der Waals surface area contributed by atoms with Crippen molar-refractivity contribution in [3.63, 3.8) is 0 Å². The predicted molar refractivity (Wildman–Crippen MR) is 73.8 cm³/mol. The van der Waals surface area contributed by atoms with Crippen molar-refractivity contribution >= 4 is 11.6 Å². The summed E-state index contributed by atoms with van der Waals surface area (Å²) in [5.74, 6) is 0.356. The third kappa shape index (κ3) is 3.67. The van der Waals surface area contributed by atoms with Crippen molar-refractivity contribution in [1.82, 2.24) is 4.98 Å². The molecule has 0 saturated carbocycles. The first kappa shape index (κ1) is 12.8. The monoisotopic (exact) mass is 254 g/mol. The number of nitrogens with one attached hydrogen (secondary N) is 1. The van der Waals surface area contributed by atoms with Gasteiger partial charge < -0.3 is 10.1 Å². The molecule has 96 valence electrons. The van der Waals surface area contributed by atoms with E-state index in [4.69, 9.17) is 4.74 Å². The minimum atomic E-state index is -0.264. The molecule has 4 heteroatoms. The molecule has 4 nitrogen and oxygen atoms in total. The third-order valence-corrected chi connectivity index (χ3v) is 2.47. The Labute approximate surface area is 111 Å². The van der Waals surface area contributed by atoms with Crippen LogP contribution in [0.25, 0.3) is 0 Å². The lowest BCUT2D eigenvalue weighted by Gasteiger charge is -2.11. The number of anilines is 1. The van der Waals surface area contributed by atoms with E-state index in [-0.39, 0.29) is 5.91 Å². The van der Waals surface area contributed by atoms with Crippen molar-refractivity contribution in [1.29, 1.82) is 0 Å². The SMILES string of the molecule is C=CC(=O)Nc1ccccc1OCc1ccncc1. The number of nitrogens with zero attached hydrogens (tertiary/aromatic N) is 1. The number of hydrogen-bond donors (Lipinski definition) is 1. The summed E-state index contributed by atoms with van der Waals surface area (Å²) in [5.41, 5.74) is 1.64. The number of rotatable bonds is 5. The number of hydrogen-bond acceptors (Lipinski definition) is 3. The highest BCUT2D eigenvalue weighted by molar-refractivity contribution is 5.99. The van der Waals surface area contributed by atoms with E-state index in [9.17, 15) is 4.79 Å². The Morgan fingerprint density at radius 2 is 2.00 bits per heavy atom. The molecule has 0 aliphatic rings. The smallest absolute Gasteiger partial charge is 0.247 e. The average molecular weight is 254 g/mol. The molecule has 0 unspecified atom stereocenters. The van der Waals surface area contributed by atoms with Gasteiger partial charge in [0.2, 0.25) is 5.91 Å². The van der Waals surface area contributed by atoms with E-state index < -0.39 is 0 Å². The van der Waals surface area contributed by atoms with Gasteiger partial charge in [-0.05, 0) is 35.9 Å². The zero-order valence-corrected chi connectivity index (χ0v) is 10.4. The van der Waals surface area contributed by atoms with Crippen LogP contribution in [0.5, 0.6) is 5.75 Å². The Hall–Kier alpha value is -2.62. The zero-order chi connectivity index (χ0) is 13.5. The zero-order valence-electron chi connectivity index (χ0n) is 10.4. The summed E-state index contributed by atoms with van der Waals surface area (Å²) in [6.07, 6.45) is 4.65.